The smallest absolute Gasteiger partial charge is 0.266 e. The molecule has 3 rings (SSSR count). The highest BCUT2D eigenvalue weighted by Gasteiger charge is 2.31. The van der Waals surface area contributed by atoms with E-state index in [4.69, 9.17) is 17.0 Å². The number of unbranched alkanes of at least 4 members (excludes halogenated alkanes) is 2. The van der Waals surface area contributed by atoms with Crippen molar-refractivity contribution in [3.05, 3.63) is 63.5 Å². The van der Waals surface area contributed by atoms with Gasteiger partial charge in [-0.2, -0.15) is 0 Å². The molecule has 1 aliphatic rings. The van der Waals surface area contributed by atoms with Crippen molar-refractivity contribution in [2.24, 2.45) is 0 Å². The van der Waals surface area contributed by atoms with Crippen LogP contribution in [0.2, 0.25) is 0 Å². The van der Waals surface area contributed by atoms with Gasteiger partial charge in [-0.05, 0) is 60.9 Å². The van der Waals surface area contributed by atoms with Gasteiger partial charge in [0.2, 0.25) is 5.91 Å². The molecule has 8 heteroatoms. The second kappa shape index (κ2) is 11.5. The SMILES string of the molecule is COc1ccc(C=C2SC(=S)N(CCCCCC(=O)Nc3ccc(Br)cc3)C2=O)cc1. The number of anilines is 1. The maximum Gasteiger partial charge on any atom is 0.266 e. The number of carbonyl (C=O) groups is 2. The first-order valence-electron chi connectivity index (χ1n) is 9.91. The summed E-state index contributed by atoms with van der Waals surface area (Å²) in [6.45, 7) is 0.568. The topological polar surface area (TPSA) is 58.6 Å². The summed E-state index contributed by atoms with van der Waals surface area (Å²) in [5.74, 6) is 0.712. The zero-order valence-corrected chi connectivity index (χ0v) is 20.3. The predicted octanol–water partition coefficient (Wildman–Crippen LogP) is 5.86. The number of rotatable bonds is 9. The van der Waals surface area contributed by atoms with Crippen LogP contribution in [0, 0.1) is 0 Å². The monoisotopic (exact) mass is 518 g/mol. The summed E-state index contributed by atoms with van der Waals surface area (Å²) < 4.78 is 6.71. The number of hydrogen-bond acceptors (Lipinski definition) is 5. The van der Waals surface area contributed by atoms with E-state index in [1.54, 1.807) is 12.0 Å². The molecule has 0 spiro atoms. The Balaban J connectivity index is 1.41. The largest absolute Gasteiger partial charge is 0.497 e. The van der Waals surface area contributed by atoms with Crippen molar-refractivity contribution in [1.82, 2.24) is 4.90 Å². The van der Waals surface area contributed by atoms with Crippen molar-refractivity contribution in [3.63, 3.8) is 0 Å². The van der Waals surface area contributed by atoms with E-state index in [-0.39, 0.29) is 11.8 Å². The standard InChI is InChI=1S/C23H23BrN2O3S2/c1-29-19-12-6-16(7-13-19)15-20-22(28)26(23(30)31-20)14-4-2-3-5-21(27)25-18-10-8-17(24)9-11-18/h6-13,15H,2-5,14H2,1H3,(H,25,27). The van der Waals surface area contributed by atoms with Crippen molar-refractivity contribution in [3.8, 4) is 5.75 Å². The molecule has 162 valence electrons. The van der Waals surface area contributed by atoms with E-state index in [1.807, 2.05) is 54.6 Å². The molecule has 1 aliphatic heterocycles. The summed E-state index contributed by atoms with van der Waals surface area (Å²) in [7, 11) is 1.62. The lowest BCUT2D eigenvalue weighted by atomic mass is 10.1. The Bertz CT molecular complexity index is 975. The van der Waals surface area contributed by atoms with Gasteiger partial charge in [0.15, 0.2) is 0 Å². The number of ether oxygens (including phenoxy) is 1. The van der Waals surface area contributed by atoms with Gasteiger partial charge in [-0.1, -0.05) is 58.5 Å². The molecule has 1 fully saturated rings. The van der Waals surface area contributed by atoms with Crippen LogP contribution in [0.5, 0.6) is 5.75 Å². The summed E-state index contributed by atoms with van der Waals surface area (Å²) in [4.78, 5) is 27.0. The first-order chi connectivity index (χ1) is 15.0. The first kappa shape index (κ1) is 23.5. The fourth-order valence-electron chi connectivity index (χ4n) is 3.03. The third-order valence-electron chi connectivity index (χ3n) is 4.70. The van der Waals surface area contributed by atoms with Crippen molar-refractivity contribution >= 4 is 67.8 Å². The Morgan fingerprint density at radius 2 is 1.84 bits per heavy atom. The van der Waals surface area contributed by atoms with Gasteiger partial charge in [0.1, 0.15) is 10.1 Å². The second-order valence-corrected chi connectivity index (χ2v) is 9.56. The number of thiocarbonyl (C=S) groups is 1. The average Bonchev–Trinajstić information content (AvgIpc) is 3.03. The molecule has 1 saturated heterocycles. The number of carbonyl (C=O) groups excluding carboxylic acids is 2. The molecular formula is C23H23BrN2O3S2. The van der Waals surface area contributed by atoms with Gasteiger partial charge in [0.25, 0.3) is 5.91 Å². The molecule has 5 nitrogen and oxygen atoms in total. The third kappa shape index (κ3) is 6.92. The highest BCUT2D eigenvalue weighted by atomic mass is 79.9. The van der Waals surface area contributed by atoms with Crippen LogP contribution in [-0.2, 0) is 9.59 Å². The second-order valence-electron chi connectivity index (χ2n) is 6.97. The number of hydrogen-bond donors (Lipinski definition) is 1. The van der Waals surface area contributed by atoms with Crippen LogP contribution >= 0.6 is 39.9 Å². The zero-order valence-electron chi connectivity index (χ0n) is 17.1. The molecule has 0 radical (unpaired) electrons. The Morgan fingerprint density at radius 1 is 1.13 bits per heavy atom. The van der Waals surface area contributed by atoms with E-state index in [0.29, 0.717) is 22.2 Å². The molecule has 0 aromatic heterocycles. The van der Waals surface area contributed by atoms with E-state index in [1.165, 1.54) is 11.8 Å². The number of thioether (sulfide) groups is 1. The lowest BCUT2D eigenvalue weighted by molar-refractivity contribution is -0.122. The molecule has 1 N–H and O–H groups in total. The Labute approximate surface area is 200 Å². The highest BCUT2D eigenvalue weighted by molar-refractivity contribution is 9.10. The molecule has 31 heavy (non-hydrogen) atoms. The van der Waals surface area contributed by atoms with Crippen molar-refractivity contribution in [2.75, 3.05) is 19.0 Å². The summed E-state index contributed by atoms with van der Waals surface area (Å²) in [6.07, 6.45) is 4.71. The summed E-state index contributed by atoms with van der Waals surface area (Å²) in [5, 5.41) is 2.89. The molecule has 2 aromatic carbocycles. The summed E-state index contributed by atoms with van der Waals surface area (Å²) in [6, 6.07) is 15.0. The van der Waals surface area contributed by atoms with Gasteiger partial charge >= 0.3 is 0 Å². The van der Waals surface area contributed by atoms with Crippen LogP contribution in [0.25, 0.3) is 6.08 Å². The molecule has 0 saturated carbocycles. The minimum atomic E-state index is -0.0567. The molecule has 0 aliphatic carbocycles. The first-order valence-corrected chi connectivity index (χ1v) is 11.9. The minimum absolute atomic E-state index is 0.00430. The maximum absolute atomic E-state index is 12.7. The lowest BCUT2D eigenvalue weighted by Gasteiger charge is -2.14. The number of benzene rings is 2. The molecule has 0 atom stereocenters. The summed E-state index contributed by atoms with van der Waals surface area (Å²) >= 11 is 10.1. The van der Waals surface area contributed by atoms with Crippen LogP contribution in [0.3, 0.4) is 0 Å². The lowest BCUT2D eigenvalue weighted by Crippen LogP contribution is -2.29. The van der Waals surface area contributed by atoms with Crippen LogP contribution in [0.4, 0.5) is 5.69 Å². The maximum atomic E-state index is 12.7. The van der Waals surface area contributed by atoms with Crippen molar-refractivity contribution in [2.45, 2.75) is 25.7 Å². The quantitative estimate of drug-likeness (QED) is 0.256. The Hall–Kier alpha value is -2.16. The molecular weight excluding hydrogens is 496 g/mol. The summed E-state index contributed by atoms with van der Waals surface area (Å²) in [5.41, 5.74) is 1.72. The Morgan fingerprint density at radius 3 is 2.52 bits per heavy atom. The van der Waals surface area contributed by atoms with Crippen molar-refractivity contribution in [1.29, 1.82) is 0 Å². The van der Waals surface area contributed by atoms with Gasteiger partial charge in [-0.25, -0.2) is 0 Å². The van der Waals surface area contributed by atoms with Crippen LogP contribution < -0.4 is 10.1 Å². The fraction of sp³-hybridized carbons (Fsp3) is 0.261. The highest BCUT2D eigenvalue weighted by Crippen LogP contribution is 2.33. The number of methoxy groups -OCH3 is 1. The van der Waals surface area contributed by atoms with Crippen molar-refractivity contribution < 1.29 is 14.3 Å². The molecule has 0 bridgehead atoms. The Kier molecular flexibility index (Phi) is 8.69. The van der Waals surface area contributed by atoms with Gasteiger partial charge in [-0.3, -0.25) is 14.5 Å². The minimum Gasteiger partial charge on any atom is -0.497 e. The van der Waals surface area contributed by atoms with Gasteiger partial charge in [0, 0.05) is 23.1 Å². The third-order valence-corrected chi connectivity index (χ3v) is 6.61. The number of amides is 2. The van der Waals surface area contributed by atoms with E-state index in [0.717, 1.165) is 40.7 Å². The molecule has 0 unspecified atom stereocenters. The van der Waals surface area contributed by atoms with Crippen LogP contribution in [0.15, 0.2) is 57.9 Å². The fourth-order valence-corrected chi connectivity index (χ4v) is 4.61. The molecule has 2 amide bonds. The van der Waals surface area contributed by atoms with Gasteiger partial charge in [-0.15, -0.1) is 0 Å². The van der Waals surface area contributed by atoms with Crippen LogP contribution in [-0.4, -0.2) is 34.7 Å². The van der Waals surface area contributed by atoms with Crippen LogP contribution in [0.1, 0.15) is 31.2 Å². The predicted molar refractivity (Wildman–Crippen MR) is 134 cm³/mol. The van der Waals surface area contributed by atoms with E-state index >= 15 is 0 Å². The number of nitrogens with zero attached hydrogens (tertiary/aromatic N) is 1. The number of nitrogens with one attached hydrogen (secondary N) is 1. The van der Waals surface area contributed by atoms with E-state index in [2.05, 4.69) is 21.2 Å². The van der Waals surface area contributed by atoms with E-state index in [9.17, 15) is 9.59 Å². The molecule has 1 heterocycles. The molecule has 2 aromatic rings. The average molecular weight is 519 g/mol. The zero-order chi connectivity index (χ0) is 22.2. The van der Waals surface area contributed by atoms with Gasteiger partial charge in [0.05, 0.1) is 12.0 Å². The van der Waals surface area contributed by atoms with Gasteiger partial charge < -0.3 is 10.1 Å². The number of halogens is 1. The van der Waals surface area contributed by atoms with E-state index < -0.39 is 0 Å². The normalized spacial score (nSPS) is 14.9.